The van der Waals surface area contributed by atoms with Crippen LogP contribution in [0.15, 0.2) is 6.20 Å². The van der Waals surface area contributed by atoms with Crippen LogP contribution in [0.3, 0.4) is 0 Å². The van der Waals surface area contributed by atoms with Gasteiger partial charge in [0.2, 0.25) is 0 Å². The molecule has 8 nitrogen and oxygen atoms in total. The first kappa shape index (κ1) is 14.5. The summed E-state index contributed by atoms with van der Waals surface area (Å²) >= 11 is 0. The van der Waals surface area contributed by atoms with Crippen molar-refractivity contribution in [1.29, 1.82) is 0 Å². The van der Waals surface area contributed by atoms with Crippen LogP contribution in [-0.2, 0) is 17.8 Å². The van der Waals surface area contributed by atoms with Crippen LogP contribution < -0.4 is 0 Å². The van der Waals surface area contributed by atoms with Crippen LogP contribution in [0.5, 0.6) is 0 Å². The number of nitrogens with zero attached hydrogens (tertiary/aromatic N) is 4. The Balaban J connectivity index is 1.62. The quantitative estimate of drug-likeness (QED) is 0.826. The molecule has 124 valence electrons. The number of amides is 2. The van der Waals surface area contributed by atoms with Crippen LogP contribution >= 0.6 is 0 Å². The van der Waals surface area contributed by atoms with Crippen molar-refractivity contribution in [2.75, 3.05) is 26.3 Å². The van der Waals surface area contributed by atoms with Gasteiger partial charge in [0.05, 0.1) is 37.2 Å². The molecule has 1 aromatic rings. The molecule has 8 heteroatoms. The van der Waals surface area contributed by atoms with Crippen LogP contribution in [0, 0.1) is 0 Å². The van der Waals surface area contributed by atoms with E-state index in [2.05, 4.69) is 5.10 Å². The Bertz CT molecular complexity index is 652. The standard InChI is InChI=1S/C15H20N4O4/c20-13(18-6-8-23-7-3-15(18)1-2-15)11-9-16-19-5-4-17(14(21)22)10-12(11)19/h9H,1-8,10H2,(H,21,22). The number of fused-ring (bicyclic) bond motifs is 1. The van der Waals surface area contributed by atoms with Crippen molar-refractivity contribution >= 4 is 12.0 Å². The molecular formula is C15H20N4O4. The third kappa shape index (κ3) is 2.37. The number of carboxylic acid groups (broad SMARTS) is 1. The van der Waals surface area contributed by atoms with Crippen LogP contribution in [0.2, 0.25) is 0 Å². The van der Waals surface area contributed by atoms with E-state index in [9.17, 15) is 14.7 Å². The van der Waals surface area contributed by atoms with E-state index in [1.54, 1.807) is 10.9 Å². The average molecular weight is 320 g/mol. The van der Waals surface area contributed by atoms with Crippen LogP contribution in [0.4, 0.5) is 4.79 Å². The molecule has 2 aliphatic heterocycles. The van der Waals surface area contributed by atoms with Gasteiger partial charge in [-0.1, -0.05) is 0 Å². The number of rotatable bonds is 1. The van der Waals surface area contributed by atoms with E-state index in [-0.39, 0.29) is 18.0 Å². The number of hydrogen-bond donors (Lipinski definition) is 1. The fourth-order valence-electron chi connectivity index (χ4n) is 3.61. The smallest absolute Gasteiger partial charge is 0.407 e. The van der Waals surface area contributed by atoms with Crippen molar-refractivity contribution in [2.45, 2.75) is 37.9 Å². The molecule has 1 spiro atoms. The molecule has 3 heterocycles. The first-order valence-electron chi connectivity index (χ1n) is 8.03. The second-order valence-electron chi connectivity index (χ2n) is 6.48. The second kappa shape index (κ2) is 5.23. The highest BCUT2D eigenvalue weighted by atomic mass is 16.5. The van der Waals surface area contributed by atoms with Gasteiger partial charge in [-0.2, -0.15) is 5.10 Å². The zero-order valence-electron chi connectivity index (χ0n) is 12.9. The number of carbonyl (C=O) groups is 2. The van der Waals surface area contributed by atoms with Crippen LogP contribution in [-0.4, -0.2) is 68.5 Å². The molecule has 0 unspecified atom stereocenters. The van der Waals surface area contributed by atoms with Gasteiger partial charge in [-0.05, 0) is 19.3 Å². The van der Waals surface area contributed by atoms with E-state index in [1.165, 1.54) is 4.90 Å². The fraction of sp³-hybridized carbons (Fsp3) is 0.667. The summed E-state index contributed by atoms with van der Waals surface area (Å²) in [7, 11) is 0. The van der Waals surface area contributed by atoms with Gasteiger partial charge < -0.3 is 19.6 Å². The van der Waals surface area contributed by atoms with Crippen LogP contribution in [0.25, 0.3) is 0 Å². The predicted molar refractivity (Wildman–Crippen MR) is 79.1 cm³/mol. The highest BCUT2D eigenvalue weighted by molar-refractivity contribution is 5.96. The first-order chi connectivity index (χ1) is 11.1. The first-order valence-corrected chi connectivity index (χ1v) is 8.03. The van der Waals surface area contributed by atoms with Crippen molar-refractivity contribution in [2.24, 2.45) is 0 Å². The number of ether oxygens (including phenoxy) is 1. The number of aromatic nitrogens is 2. The molecule has 0 radical (unpaired) electrons. The molecule has 1 aliphatic carbocycles. The third-order valence-corrected chi connectivity index (χ3v) is 5.19. The Morgan fingerprint density at radius 1 is 1.17 bits per heavy atom. The van der Waals surface area contributed by atoms with Gasteiger partial charge in [0.15, 0.2) is 0 Å². The van der Waals surface area contributed by atoms with Crippen molar-refractivity contribution in [1.82, 2.24) is 19.6 Å². The SMILES string of the molecule is O=C(O)N1CCn2ncc(C(=O)N3CCOCCC34CC4)c2C1. The summed E-state index contributed by atoms with van der Waals surface area (Å²) in [4.78, 5) is 27.5. The van der Waals surface area contributed by atoms with E-state index < -0.39 is 6.09 Å². The maximum Gasteiger partial charge on any atom is 0.407 e. The molecule has 1 aromatic heterocycles. The Labute approximate surface area is 133 Å². The Hall–Kier alpha value is -2.09. The van der Waals surface area contributed by atoms with Crippen molar-refractivity contribution < 1.29 is 19.4 Å². The van der Waals surface area contributed by atoms with Crippen LogP contribution in [0.1, 0.15) is 35.3 Å². The molecule has 0 aromatic carbocycles. The monoisotopic (exact) mass is 320 g/mol. The fourth-order valence-corrected chi connectivity index (χ4v) is 3.61. The van der Waals surface area contributed by atoms with E-state index >= 15 is 0 Å². The lowest BCUT2D eigenvalue weighted by Crippen LogP contribution is -2.44. The summed E-state index contributed by atoms with van der Waals surface area (Å²) in [6.45, 7) is 2.95. The molecule has 1 saturated carbocycles. The summed E-state index contributed by atoms with van der Waals surface area (Å²) in [6.07, 6.45) is 3.55. The molecule has 2 amide bonds. The molecular weight excluding hydrogens is 300 g/mol. The summed E-state index contributed by atoms with van der Waals surface area (Å²) in [5.74, 6) is -0.0403. The van der Waals surface area contributed by atoms with E-state index in [4.69, 9.17) is 4.74 Å². The minimum atomic E-state index is -0.960. The van der Waals surface area contributed by atoms with Crippen molar-refractivity contribution in [3.8, 4) is 0 Å². The minimum absolute atomic E-state index is 0.0403. The van der Waals surface area contributed by atoms with Gasteiger partial charge in [0.25, 0.3) is 5.91 Å². The lowest BCUT2D eigenvalue weighted by Gasteiger charge is -2.30. The minimum Gasteiger partial charge on any atom is -0.465 e. The predicted octanol–water partition coefficient (Wildman–Crippen LogP) is 0.772. The maximum atomic E-state index is 13.1. The van der Waals surface area contributed by atoms with Gasteiger partial charge in [-0.3, -0.25) is 9.48 Å². The molecule has 0 bridgehead atoms. The summed E-state index contributed by atoms with van der Waals surface area (Å²) in [6, 6.07) is 0. The molecule has 1 saturated heterocycles. The topological polar surface area (TPSA) is 87.9 Å². The molecule has 0 atom stereocenters. The molecule has 2 fully saturated rings. The summed E-state index contributed by atoms with van der Waals surface area (Å²) in [5.41, 5.74) is 1.18. The molecule has 23 heavy (non-hydrogen) atoms. The second-order valence-corrected chi connectivity index (χ2v) is 6.48. The van der Waals surface area contributed by atoms with E-state index in [0.717, 1.165) is 19.3 Å². The van der Waals surface area contributed by atoms with Crippen molar-refractivity contribution in [3.05, 3.63) is 17.5 Å². The van der Waals surface area contributed by atoms with Gasteiger partial charge in [0.1, 0.15) is 0 Å². The van der Waals surface area contributed by atoms with Gasteiger partial charge in [-0.15, -0.1) is 0 Å². The summed E-state index contributed by atoms with van der Waals surface area (Å²) < 4.78 is 7.28. The van der Waals surface area contributed by atoms with E-state index in [1.807, 2.05) is 4.90 Å². The normalized spacial score (nSPS) is 22.6. The Kier molecular flexibility index (Phi) is 3.29. The average Bonchev–Trinajstić information content (AvgIpc) is 3.25. The molecule has 3 aliphatic rings. The summed E-state index contributed by atoms with van der Waals surface area (Å²) in [5, 5.41) is 13.5. The van der Waals surface area contributed by atoms with Crippen molar-refractivity contribution in [3.63, 3.8) is 0 Å². The van der Waals surface area contributed by atoms with Gasteiger partial charge >= 0.3 is 6.09 Å². The van der Waals surface area contributed by atoms with E-state index in [0.29, 0.717) is 44.1 Å². The highest BCUT2D eigenvalue weighted by Gasteiger charge is 2.51. The zero-order chi connectivity index (χ0) is 16.0. The number of carbonyl (C=O) groups excluding carboxylic acids is 1. The third-order valence-electron chi connectivity index (χ3n) is 5.19. The lowest BCUT2D eigenvalue weighted by atomic mass is 10.1. The molecule has 1 N–H and O–H groups in total. The maximum absolute atomic E-state index is 13.1. The highest BCUT2D eigenvalue weighted by Crippen LogP contribution is 2.46. The lowest BCUT2D eigenvalue weighted by molar-refractivity contribution is 0.0644. The Morgan fingerprint density at radius 3 is 2.74 bits per heavy atom. The number of hydrogen-bond acceptors (Lipinski definition) is 4. The Morgan fingerprint density at radius 2 is 2.00 bits per heavy atom. The largest absolute Gasteiger partial charge is 0.465 e. The molecule has 4 rings (SSSR count). The van der Waals surface area contributed by atoms with Gasteiger partial charge in [0, 0.05) is 25.2 Å². The zero-order valence-corrected chi connectivity index (χ0v) is 12.9. The van der Waals surface area contributed by atoms with Gasteiger partial charge in [-0.25, -0.2) is 4.79 Å².